The van der Waals surface area contributed by atoms with Gasteiger partial charge in [0, 0.05) is 17.4 Å². The summed E-state index contributed by atoms with van der Waals surface area (Å²) in [5.41, 5.74) is 5.10. The molecule has 0 fully saturated rings. The van der Waals surface area contributed by atoms with Gasteiger partial charge in [0.2, 0.25) is 0 Å². The maximum Gasteiger partial charge on any atom is 0.152 e. The Morgan fingerprint density at radius 3 is 2.69 bits per heavy atom. The van der Waals surface area contributed by atoms with E-state index in [0.717, 1.165) is 33.2 Å². The van der Waals surface area contributed by atoms with E-state index in [1.54, 1.807) is 17.7 Å². The fourth-order valence-electron chi connectivity index (χ4n) is 4.59. The van der Waals surface area contributed by atoms with Crippen LogP contribution in [0.2, 0.25) is 0 Å². The summed E-state index contributed by atoms with van der Waals surface area (Å²) >= 11 is 1.43. The summed E-state index contributed by atoms with van der Waals surface area (Å²) in [7, 11) is 0. The third-order valence-electron chi connectivity index (χ3n) is 6.56. The van der Waals surface area contributed by atoms with Gasteiger partial charge in [0.15, 0.2) is 5.82 Å². The first-order valence-corrected chi connectivity index (χ1v) is 13.5. The number of aryl methyl sites for hydroxylation is 2. The molecular formula is C31H26FN5OS. The number of hydrogen-bond acceptors (Lipinski definition) is 6. The summed E-state index contributed by atoms with van der Waals surface area (Å²) < 4.78 is 23.3. The van der Waals surface area contributed by atoms with E-state index in [1.165, 1.54) is 11.3 Å². The standard InChI is InChI=1S/C31H26FN5OS/c1-3-7-24(18-30-34-35-36-37(30)15-6-14-33)23-10-12-25(13-11-23)38-19-22-16-27-28(20-39-31(27)29(32)17-22)26-9-5-4-8-21(26)2/h4-5,8-13,16-17,20,24H,6,15,18-19H2,1-2H3. The molecule has 1 atom stereocenters. The van der Waals surface area contributed by atoms with Crippen LogP contribution < -0.4 is 4.74 Å². The van der Waals surface area contributed by atoms with Crippen LogP contribution in [0.1, 0.15) is 41.8 Å². The number of nitriles is 1. The lowest BCUT2D eigenvalue weighted by molar-refractivity contribution is 0.305. The van der Waals surface area contributed by atoms with Gasteiger partial charge in [-0.25, -0.2) is 9.07 Å². The van der Waals surface area contributed by atoms with Gasteiger partial charge < -0.3 is 4.74 Å². The molecule has 2 heterocycles. The van der Waals surface area contributed by atoms with Gasteiger partial charge in [-0.2, -0.15) is 5.26 Å². The smallest absolute Gasteiger partial charge is 0.152 e. The van der Waals surface area contributed by atoms with E-state index in [2.05, 4.69) is 52.5 Å². The van der Waals surface area contributed by atoms with Crippen LogP contribution in [0.15, 0.2) is 66.0 Å². The van der Waals surface area contributed by atoms with Gasteiger partial charge in [0.1, 0.15) is 18.2 Å². The molecule has 0 spiro atoms. The second kappa shape index (κ2) is 11.9. The molecule has 0 aliphatic heterocycles. The highest BCUT2D eigenvalue weighted by atomic mass is 32.1. The van der Waals surface area contributed by atoms with E-state index in [0.29, 0.717) is 35.7 Å². The normalized spacial score (nSPS) is 11.5. The second-order valence-corrected chi connectivity index (χ2v) is 10.0. The minimum Gasteiger partial charge on any atom is -0.489 e. The first-order valence-electron chi connectivity index (χ1n) is 12.6. The molecule has 1 unspecified atom stereocenters. The Labute approximate surface area is 230 Å². The molecule has 0 radical (unpaired) electrons. The van der Waals surface area contributed by atoms with E-state index >= 15 is 0 Å². The van der Waals surface area contributed by atoms with Crippen molar-refractivity contribution in [3.8, 4) is 34.8 Å². The summed E-state index contributed by atoms with van der Waals surface area (Å²) in [5, 5.41) is 23.7. The molecule has 0 aliphatic carbocycles. The lowest BCUT2D eigenvalue weighted by Crippen LogP contribution is -2.10. The number of halogens is 1. The number of thiophene rings is 1. The minimum atomic E-state index is -0.232. The van der Waals surface area contributed by atoms with E-state index in [4.69, 9.17) is 10.00 Å². The maximum atomic E-state index is 15.0. The quantitative estimate of drug-likeness (QED) is 0.193. The number of aromatic nitrogens is 4. The Bertz CT molecular complexity index is 1710. The number of tetrazole rings is 1. The van der Waals surface area contributed by atoms with Gasteiger partial charge in [-0.15, -0.1) is 22.4 Å². The number of rotatable bonds is 9. The Morgan fingerprint density at radius 1 is 1.10 bits per heavy atom. The van der Waals surface area contributed by atoms with Gasteiger partial charge in [-0.05, 0) is 76.2 Å². The third-order valence-corrected chi connectivity index (χ3v) is 7.56. The average Bonchev–Trinajstić information content (AvgIpc) is 3.58. The number of fused-ring (bicyclic) bond motifs is 1. The van der Waals surface area contributed by atoms with Crippen LogP contribution >= 0.6 is 11.3 Å². The zero-order chi connectivity index (χ0) is 27.2. The van der Waals surface area contributed by atoms with Crippen molar-refractivity contribution in [2.45, 2.75) is 45.8 Å². The van der Waals surface area contributed by atoms with Gasteiger partial charge in [0.25, 0.3) is 0 Å². The molecule has 39 heavy (non-hydrogen) atoms. The molecule has 6 nitrogen and oxygen atoms in total. The molecule has 0 saturated carbocycles. The van der Waals surface area contributed by atoms with Crippen LogP contribution in [0.3, 0.4) is 0 Å². The van der Waals surface area contributed by atoms with Crippen molar-refractivity contribution < 1.29 is 9.13 Å². The van der Waals surface area contributed by atoms with Gasteiger partial charge in [-0.1, -0.05) is 42.3 Å². The van der Waals surface area contributed by atoms with Crippen LogP contribution in [0.5, 0.6) is 5.75 Å². The van der Waals surface area contributed by atoms with Gasteiger partial charge in [0.05, 0.1) is 29.7 Å². The molecule has 0 amide bonds. The SMILES string of the molecule is CC#CC(Cc1nnnn1CCC#N)c1ccc(OCc2cc(F)c3scc(-c4ccccc4C)c3c2)cc1. The van der Waals surface area contributed by atoms with Crippen LogP contribution in [0, 0.1) is 35.9 Å². The highest BCUT2D eigenvalue weighted by molar-refractivity contribution is 7.17. The topological polar surface area (TPSA) is 76.6 Å². The van der Waals surface area contributed by atoms with Gasteiger partial charge in [-0.3, -0.25) is 0 Å². The molecule has 0 aliphatic rings. The van der Waals surface area contributed by atoms with Crippen molar-refractivity contribution in [3.63, 3.8) is 0 Å². The molecule has 3 aromatic carbocycles. The van der Waals surface area contributed by atoms with Crippen molar-refractivity contribution in [2.75, 3.05) is 0 Å². The lowest BCUT2D eigenvalue weighted by Gasteiger charge is -2.13. The van der Waals surface area contributed by atoms with E-state index in [9.17, 15) is 4.39 Å². The summed E-state index contributed by atoms with van der Waals surface area (Å²) in [4.78, 5) is 0. The number of benzene rings is 3. The van der Waals surface area contributed by atoms with Crippen molar-refractivity contribution in [2.24, 2.45) is 0 Å². The summed E-state index contributed by atoms with van der Waals surface area (Å²) in [6.07, 6.45) is 0.868. The summed E-state index contributed by atoms with van der Waals surface area (Å²) in [5.74, 6) is 7.27. The Morgan fingerprint density at radius 2 is 1.92 bits per heavy atom. The van der Waals surface area contributed by atoms with E-state index < -0.39 is 0 Å². The summed E-state index contributed by atoms with van der Waals surface area (Å²) in [6, 6.07) is 21.6. The number of ether oxygens (including phenoxy) is 1. The highest BCUT2D eigenvalue weighted by Crippen LogP contribution is 2.37. The molecule has 2 aromatic heterocycles. The molecule has 8 heteroatoms. The van der Waals surface area contributed by atoms with Gasteiger partial charge >= 0.3 is 0 Å². The fourth-order valence-corrected chi connectivity index (χ4v) is 5.55. The van der Waals surface area contributed by atoms with Crippen molar-refractivity contribution >= 4 is 21.4 Å². The highest BCUT2D eigenvalue weighted by Gasteiger charge is 2.16. The lowest BCUT2D eigenvalue weighted by atomic mass is 9.95. The number of hydrogen-bond donors (Lipinski definition) is 0. The van der Waals surface area contributed by atoms with Crippen LogP contribution in [-0.4, -0.2) is 20.2 Å². The monoisotopic (exact) mass is 535 g/mol. The summed E-state index contributed by atoms with van der Waals surface area (Å²) in [6.45, 7) is 4.57. The minimum absolute atomic E-state index is 0.106. The second-order valence-electron chi connectivity index (χ2n) is 9.15. The molecule has 194 valence electrons. The maximum absolute atomic E-state index is 15.0. The first-order chi connectivity index (χ1) is 19.1. The van der Waals surface area contributed by atoms with Crippen LogP contribution in [0.25, 0.3) is 21.2 Å². The number of nitrogens with zero attached hydrogens (tertiary/aromatic N) is 5. The predicted molar refractivity (Wildman–Crippen MR) is 151 cm³/mol. The van der Waals surface area contributed by atoms with E-state index in [1.807, 2.05) is 47.8 Å². The van der Waals surface area contributed by atoms with E-state index in [-0.39, 0.29) is 18.3 Å². The first kappa shape index (κ1) is 26.1. The third kappa shape index (κ3) is 5.82. The van der Waals surface area contributed by atoms with Crippen LogP contribution in [-0.2, 0) is 19.6 Å². The molecule has 0 saturated heterocycles. The Kier molecular flexibility index (Phi) is 7.96. The molecule has 5 rings (SSSR count). The fraction of sp³-hybridized carbons (Fsp3) is 0.226. The zero-order valence-corrected chi connectivity index (χ0v) is 22.5. The average molecular weight is 536 g/mol. The molecular weight excluding hydrogens is 509 g/mol. The van der Waals surface area contributed by atoms with Crippen LogP contribution in [0.4, 0.5) is 4.39 Å². The van der Waals surface area contributed by atoms with Crippen molar-refractivity contribution in [1.82, 2.24) is 20.2 Å². The Balaban J connectivity index is 1.31. The molecule has 0 bridgehead atoms. The van der Waals surface area contributed by atoms with Crippen molar-refractivity contribution in [1.29, 1.82) is 5.26 Å². The Hall–Kier alpha value is -4.53. The predicted octanol–water partition coefficient (Wildman–Crippen LogP) is 6.84. The largest absolute Gasteiger partial charge is 0.489 e. The molecule has 0 N–H and O–H groups in total. The van der Waals surface area contributed by atoms with Crippen molar-refractivity contribution in [3.05, 3.63) is 94.4 Å². The zero-order valence-electron chi connectivity index (χ0n) is 21.7. The molecule has 5 aromatic rings.